The first-order valence-electron chi connectivity index (χ1n) is 4.96. The van der Waals surface area contributed by atoms with Crippen LogP contribution in [0.15, 0.2) is 16.6 Å². The van der Waals surface area contributed by atoms with E-state index in [-0.39, 0.29) is 22.4 Å². The number of nitrogen functional groups attached to an aromatic ring is 1. The molecule has 6 nitrogen and oxygen atoms in total. The largest absolute Gasteiger partial charge is 0.467 e. The number of aromatic nitrogens is 3. The fourth-order valence-electron chi connectivity index (χ4n) is 1.29. The van der Waals surface area contributed by atoms with Crippen LogP contribution in [-0.2, 0) is 0 Å². The Morgan fingerprint density at radius 3 is 2.42 bits per heavy atom. The highest BCUT2D eigenvalue weighted by atomic mass is 79.9. The van der Waals surface area contributed by atoms with Crippen LogP contribution in [0.1, 0.15) is 0 Å². The second-order valence-corrected chi connectivity index (χ2v) is 4.29. The molecular weight excluding hydrogens is 324 g/mol. The number of benzene rings is 1. The maximum Gasteiger partial charge on any atom is 0.322 e. The lowest BCUT2D eigenvalue weighted by atomic mass is 10.3. The smallest absolute Gasteiger partial charge is 0.322 e. The van der Waals surface area contributed by atoms with Gasteiger partial charge < -0.3 is 15.8 Å². The second kappa shape index (κ2) is 5.31. The van der Waals surface area contributed by atoms with Crippen LogP contribution in [0.4, 0.5) is 26.4 Å². The molecule has 1 aromatic heterocycles. The molecule has 0 saturated heterocycles. The average molecular weight is 332 g/mol. The predicted octanol–water partition coefficient (Wildman–Crippen LogP) is 2.25. The van der Waals surface area contributed by atoms with Crippen molar-refractivity contribution >= 4 is 33.5 Å². The summed E-state index contributed by atoms with van der Waals surface area (Å²) in [5.41, 5.74) is 5.02. The number of hydrogen-bond donors (Lipinski definition) is 2. The van der Waals surface area contributed by atoms with E-state index in [9.17, 15) is 8.78 Å². The first kappa shape index (κ1) is 13.4. The third kappa shape index (κ3) is 3.05. The zero-order valence-corrected chi connectivity index (χ0v) is 11.2. The lowest BCUT2D eigenvalue weighted by Gasteiger charge is -2.08. The number of nitrogens with two attached hydrogens (primary N) is 1. The molecule has 19 heavy (non-hydrogen) atoms. The van der Waals surface area contributed by atoms with Gasteiger partial charge in [0.05, 0.1) is 7.11 Å². The summed E-state index contributed by atoms with van der Waals surface area (Å²) in [6, 6.07) is 2.15. The van der Waals surface area contributed by atoms with Crippen LogP contribution in [0.3, 0.4) is 0 Å². The Morgan fingerprint density at radius 1 is 1.21 bits per heavy atom. The van der Waals surface area contributed by atoms with Gasteiger partial charge in [0.15, 0.2) is 11.6 Å². The Kier molecular flexibility index (Phi) is 3.74. The molecule has 0 amide bonds. The first-order chi connectivity index (χ1) is 8.99. The van der Waals surface area contributed by atoms with Crippen molar-refractivity contribution in [2.75, 3.05) is 18.2 Å². The third-order valence-corrected chi connectivity index (χ3v) is 2.52. The van der Waals surface area contributed by atoms with Crippen molar-refractivity contribution in [3.63, 3.8) is 0 Å². The molecule has 3 N–H and O–H groups in total. The van der Waals surface area contributed by atoms with Gasteiger partial charge in [0.25, 0.3) is 0 Å². The molecule has 9 heteroatoms. The van der Waals surface area contributed by atoms with Crippen molar-refractivity contribution < 1.29 is 13.5 Å². The zero-order valence-electron chi connectivity index (χ0n) is 9.62. The topological polar surface area (TPSA) is 86.0 Å². The van der Waals surface area contributed by atoms with E-state index in [0.29, 0.717) is 0 Å². The SMILES string of the molecule is COc1nc(N)nc(Nc2c(F)cc(Br)cc2F)n1. The zero-order chi connectivity index (χ0) is 14.0. The van der Waals surface area contributed by atoms with Gasteiger partial charge in [0, 0.05) is 4.47 Å². The monoisotopic (exact) mass is 331 g/mol. The molecule has 2 rings (SSSR count). The molecule has 2 aromatic rings. The normalized spacial score (nSPS) is 10.3. The Morgan fingerprint density at radius 2 is 1.84 bits per heavy atom. The summed E-state index contributed by atoms with van der Waals surface area (Å²) in [5.74, 6) is -1.86. The lowest BCUT2D eigenvalue weighted by Crippen LogP contribution is -2.07. The highest BCUT2D eigenvalue weighted by molar-refractivity contribution is 9.10. The van der Waals surface area contributed by atoms with Crippen LogP contribution in [0.5, 0.6) is 6.01 Å². The Hall–Kier alpha value is -2.03. The molecule has 100 valence electrons. The number of rotatable bonds is 3. The Bertz CT molecular complexity index is 602. The second-order valence-electron chi connectivity index (χ2n) is 3.37. The summed E-state index contributed by atoms with van der Waals surface area (Å²) < 4.78 is 32.3. The van der Waals surface area contributed by atoms with E-state index in [4.69, 9.17) is 10.5 Å². The van der Waals surface area contributed by atoms with Crippen LogP contribution in [0, 0.1) is 11.6 Å². The van der Waals surface area contributed by atoms with Crippen molar-refractivity contribution in [3.8, 4) is 6.01 Å². The van der Waals surface area contributed by atoms with Gasteiger partial charge in [-0.3, -0.25) is 0 Å². The highest BCUT2D eigenvalue weighted by Crippen LogP contribution is 2.26. The van der Waals surface area contributed by atoms with E-state index >= 15 is 0 Å². The summed E-state index contributed by atoms with van der Waals surface area (Å²) >= 11 is 2.98. The predicted molar refractivity (Wildman–Crippen MR) is 68.1 cm³/mol. The summed E-state index contributed by atoms with van der Waals surface area (Å²) in [4.78, 5) is 11.1. The van der Waals surface area contributed by atoms with Crippen LogP contribution in [0.2, 0.25) is 0 Å². The molecule has 0 radical (unpaired) electrons. The van der Waals surface area contributed by atoms with E-state index in [1.807, 2.05) is 0 Å². The summed E-state index contributed by atoms with van der Waals surface area (Å²) in [5, 5.41) is 2.39. The average Bonchev–Trinajstić information content (AvgIpc) is 2.33. The molecule has 1 aromatic carbocycles. The minimum atomic E-state index is -0.801. The summed E-state index contributed by atoms with van der Waals surface area (Å²) in [7, 11) is 1.33. The number of methoxy groups -OCH3 is 1. The van der Waals surface area contributed by atoms with Crippen LogP contribution in [0.25, 0.3) is 0 Å². The van der Waals surface area contributed by atoms with Crippen molar-refractivity contribution in [3.05, 3.63) is 28.2 Å². The van der Waals surface area contributed by atoms with Crippen molar-refractivity contribution in [1.82, 2.24) is 15.0 Å². The van der Waals surface area contributed by atoms with Gasteiger partial charge in [-0.2, -0.15) is 15.0 Å². The van der Waals surface area contributed by atoms with Gasteiger partial charge in [-0.25, -0.2) is 8.78 Å². The lowest BCUT2D eigenvalue weighted by molar-refractivity contribution is 0.380. The summed E-state index contributed by atoms with van der Waals surface area (Å²) in [6.07, 6.45) is 0. The maximum absolute atomic E-state index is 13.6. The van der Waals surface area contributed by atoms with E-state index in [1.165, 1.54) is 7.11 Å². The first-order valence-corrected chi connectivity index (χ1v) is 5.76. The Labute approximate surface area is 115 Å². The standard InChI is InChI=1S/C10H8BrF2N5O/c1-19-10-17-8(14)16-9(18-10)15-7-5(12)2-4(11)3-6(7)13/h2-3H,1H3,(H3,14,15,16,17,18). The van der Waals surface area contributed by atoms with E-state index in [0.717, 1.165) is 12.1 Å². The van der Waals surface area contributed by atoms with Gasteiger partial charge in [0.2, 0.25) is 11.9 Å². The molecule has 0 unspecified atom stereocenters. The Balaban J connectivity index is 2.39. The van der Waals surface area contributed by atoms with Gasteiger partial charge in [-0.15, -0.1) is 0 Å². The quantitative estimate of drug-likeness (QED) is 0.897. The number of hydrogen-bond acceptors (Lipinski definition) is 6. The number of halogens is 3. The molecule has 0 bridgehead atoms. The van der Waals surface area contributed by atoms with Crippen LogP contribution in [-0.4, -0.2) is 22.1 Å². The number of anilines is 3. The number of ether oxygens (including phenoxy) is 1. The van der Waals surface area contributed by atoms with Gasteiger partial charge >= 0.3 is 6.01 Å². The van der Waals surface area contributed by atoms with Gasteiger partial charge in [-0.05, 0) is 12.1 Å². The van der Waals surface area contributed by atoms with E-state index in [1.54, 1.807) is 0 Å². The molecular formula is C10H8BrF2N5O. The van der Waals surface area contributed by atoms with Crippen LogP contribution < -0.4 is 15.8 Å². The minimum absolute atomic E-state index is 0.0621. The molecule has 0 aliphatic carbocycles. The van der Waals surface area contributed by atoms with E-state index < -0.39 is 17.3 Å². The van der Waals surface area contributed by atoms with Gasteiger partial charge in [0.1, 0.15) is 5.69 Å². The van der Waals surface area contributed by atoms with Crippen molar-refractivity contribution in [2.24, 2.45) is 0 Å². The third-order valence-electron chi connectivity index (χ3n) is 2.06. The highest BCUT2D eigenvalue weighted by Gasteiger charge is 2.13. The molecule has 0 aliphatic heterocycles. The maximum atomic E-state index is 13.6. The molecule has 1 heterocycles. The van der Waals surface area contributed by atoms with Crippen molar-refractivity contribution in [2.45, 2.75) is 0 Å². The van der Waals surface area contributed by atoms with Crippen molar-refractivity contribution in [1.29, 1.82) is 0 Å². The number of nitrogens with one attached hydrogen (secondary N) is 1. The fraction of sp³-hybridized carbons (Fsp3) is 0.100. The fourth-order valence-corrected chi connectivity index (χ4v) is 1.69. The minimum Gasteiger partial charge on any atom is -0.467 e. The molecule has 0 aliphatic rings. The molecule has 0 fully saturated rings. The number of nitrogens with zero attached hydrogens (tertiary/aromatic N) is 3. The molecule has 0 atom stereocenters. The molecule has 0 saturated carbocycles. The molecule has 0 spiro atoms. The van der Waals surface area contributed by atoms with Crippen LogP contribution >= 0.6 is 15.9 Å². The van der Waals surface area contributed by atoms with Gasteiger partial charge in [-0.1, -0.05) is 15.9 Å². The summed E-state index contributed by atoms with van der Waals surface area (Å²) in [6.45, 7) is 0. The van der Waals surface area contributed by atoms with E-state index in [2.05, 4.69) is 36.2 Å².